The molecule has 148 valence electrons. The van der Waals surface area contributed by atoms with Crippen molar-refractivity contribution >= 4 is 39.1 Å². The highest BCUT2D eigenvalue weighted by atomic mass is 32.2. The van der Waals surface area contributed by atoms with Crippen LogP contribution < -0.4 is 14.8 Å². The second-order valence-electron chi connectivity index (χ2n) is 6.43. The van der Waals surface area contributed by atoms with Crippen LogP contribution >= 0.6 is 23.1 Å². The number of thiophene rings is 1. The molecule has 0 aliphatic carbocycles. The first-order chi connectivity index (χ1) is 13.6. The molecule has 0 atom stereocenters. The van der Waals surface area contributed by atoms with Crippen LogP contribution in [0.4, 0.5) is 0 Å². The van der Waals surface area contributed by atoms with Gasteiger partial charge in [-0.25, -0.2) is 0 Å². The van der Waals surface area contributed by atoms with E-state index in [0.29, 0.717) is 17.2 Å². The maximum absolute atomic E-state index is 12.8. The van der Waals surface area contributed by atoms with Crippen LogP contribution in [0, 0.1) is 0 Å². The standard InChI is InChI=1S/C21H24N2O3S2/c1-14(2)26-19-17-13-15(25-3)5-6-18(17)28-20(19)21(24)23-9-4-12-27-16-7-10-22-11-8-16/h5-8,10-11,13-14H,4,9,12H2,1-3H3,(H,23,24). The van der Waals surface area contributed by atoms with Gasteiger partial charge in [-0.1, -0.05) is 0 Å². The van der Waals surface area contributed by atoms with Crippen molar-refractivity contribution in [3.05, 3.63) is 47.6 Å². The molecule has 1 amide bonds. The van der Waals surface area contributed by atoms with E-state index in [0.717, 1.165) is 28.0 Å². The third-order valence-corrected chi connectivity index (χ3v) is 6.18. The number of nitrogens with one attached hydrogen (secondary N) is 1. The summed E-state index contributed by atoms with van der Waals surface area (Å²) < 4.78 is 12.3. The number of hydrogen-bond acceptors (Lipinski definition) is 6. The Labute approximate surface area is 173 Å². The quantitative estimate of drug-likeness (QED) is 0.393. The van der Waals surface area contributed by atoms with Crippen molar-refractivity contribution in [2.75, 3.05) is 19.4 Å². The van der Waals surface area contributed by atoms with Crippen LogP contribution in [0.15, 0.2) is 47.6 Å². The number of rotatable bonds is 9. The number of hydrogen-bond donors (Lipinski definition) is 1. The van der Waals surface area contributed by atoms with Gasteiger partial charge in [-0.15, -0.1) is 23.1 Å². The van der Waals surface area contributed by atoms with Crippen LogP contribution in [-0.2, 0) is 0 Å². The van der Waals surface area contributed by atoms with Crippen molar-refractivity contribution in [1.29, 1.82) is 0 Å². The number of methoxy groups -OCH3 is 1. The Morgan fingerprint density at radius 2 is 2.04 bits per heavy atom. The number of pyridine rings is 1. The summed E-state index contributed by atoms with van der Waals surface area (Å²) in [6.45, 7) is 4.54. The third kappa shape index (κ3) is 5.17. The minimum atomic E-state index is -0.0928. The predicted molar refractivity (Wildman–Crippen MR) is 116 cm³/mol. The number of amides is 1. The number of fused-ring (bicyclic) bond motifs is 1. The van der Waals surface area contributed by atoms with E-state index in [1.165, 1.54) is 16.2 Å². The van der Waals surface area contributed by atoms with Gasteiger partial charge in [0.15, 0.2) is 5.75 Å². The topological polar surface area (TPSA) is 60.5 Å². The molecule has 3 rings (SSSR count). The van der Waals surface area contributed by atoms with E-state index in [2.05, 4.69) is 10.3 Å². The number of carbonyl (C=O) groups is 1. The van der Waals surface area contributed by atoms with Crippen LogP contribution in [0.1, 0.15) is 29.9 Å². The van der Waals surface area contributed by atoms with Crippen molar-refractivity contribution in [2.24, 2.45) is 0 Å². The molecule has 2 aromatic heterocycles. The van der Waals surface area contributed by atoms with Gasteiger partial charge in [-0.2, -0.15) is 0 Å². The number of benzene rings is 1. The summed E-state index contributed by atoms with van der Waals surface area (Å²) in [6.07, 6.45) is 4.44. The lowest BCUT2D eigenvalue weighted by Gasteiger charge is -2.12. The molecule has 0 saturated carbocycles. The van der Waals surface area contributed by atoms with Gasteiger partial charge in [0, 0.05) is 33.9 Å². The van der Waals surface area contributed by atoms with E-state index in [-0.39, 0.29) is 12.0 Å². The molecule has 5 nitrogen and oxygen atoms in total. The van der Waals surface area contributed by atoms with Gasteiger partial charge in [-0.05, 0) is 56.4 Å². The van der Waals surface area contributed by atoms with E-state index in [4.69, 9.17) is 9.47 Å². The fourth-order valence-electron chi connectivity index (χ4n) is 2.66. The van der Waals surface area contributed by atoms with Crippen LogP contribution in [0.25, 0.3) is 10.1 Å². The van der Waals surface area contributed by atoms with Crippen molar-refractivity contribution in [3.63, 3.8) is 0 Å². The first-order valence-corrected chi connectivity index (χ1v) is 11.0. The molecule has 1 aromatic carbocycles. The monoisotopic (exact) mass is 416 g/mol. The van der Waals surface area contributed by atoms with Crippen molar-refractivity contribution in [1.82, 2.24) is 10.3 Å². The number of ether oxygens (including phenoxy) is 2. The summed E-state index contributed by atoms with van der Waals surface area (Å²) in [4.78, 5) is 18.6. The highest BCUT2D eigenvalue weighted by Gasteiger charge is 2.21. The van der Waals surface area contributed by atoms with Gasteiger partial charge in [-0.3, -0.25) is 9.78 Å². The summed E-state index contributed by atoms with van der Waals surface area (Å²) in [7, 11) is 1.63. The summed E-state index contributed by atoms with van der Waals surface area (Å²) in [5.74, 6) is 2.23. The van der Waals surface area contributed by atoms with E-state index < -0.39 is 0 Å². The predicted octanol–water partition coefficient (Wildman–Crippen LogP) is 5.00. The Morgan fingerprint density at radius 3 is 2.75 bits per heavy atom. The first kappa shape index (κ1) is 20.5. The van der Waals surface area contributed by atoms with E-state index >= 15 is 0 Å². The Morgan fingerprint density at radius 1 is 1.25 bits per heavy atom. The fourth-order valence-corrected chi connectivity index (χ4v) is 4.53. The highest BCUT2D eigenvalue weighted by Crippen LogP contribution is 2.40. The van der Waals surface area contributed by atoms with Crippen LogP contribution in [0.3, 0.4) is 0 Å². The molecule has 0 spiro atoms. The third-order valence-electron chi connectivity index (χ3n) is 3.93. The molecule has 7 heteroatoms. The minimum absolute atomic E-state index is 0.0210. The molecule has 0 fully saturated rings. The van der Waals surface area contributed by atoms with Crippen molar-refractivity contribution in [2.45, 2.75) is 31.3 Å². The van der Waals surface area contributed by atoms with Crippen molar-refractivity contribution < 1.29 is 14.3 Å². The second-order valence-corrected chi connectivity index (χ2v) is 8.65. The number of carbonyl (C=O) groups excluding carboxylic acids is 1. The van der Waals surface area contributed by atoms with Gasteiger partial charge in [0.25, 0.3) is 5.91 Å². The first-order valence-electron chi connectivity index (χ1n) is 9.16. The summed E-state index contributed by atoms with van der Waals surface area (Å²) in [6, 6.07) is 9.77. The molecule has 28 heavy (non-hydrogen) atoms. The normalized spacial score (nSPS) is 11.0. The smallest absolute Gasteiger partial charge is 0.265 e. The lowest BCUT2D eigenvalue weighted by atomic mass is 10.2. The number of thioether (sulfide) groups is 1. The molecule has 0 radical (unpaired) electrons. The minimum Gasteiger partial charge on any atom is -0.497 e. The molecule has 1 N–H and O–H groups in total. The SMILES string of the molecule is COc1ccc2sc(C(=O)NCCCSc3ccncc3)c(OC(C)C)c2c1. The van der Waals surface area contributed by atoms with Crippen molar-refractivity contribution in [3.8, 4) is 11.5 Å². The molecule has 0 bridgehead atoms. The van der Waals surface area contributed by atoms with E-state index in [9.17, 15) is 4.79 Å². The van der Waals surface area contributed by atoms with Gasteiger partial charge in [0.2, 0.25) is 0 Å². The Bertz CT molecular complexity index is 926. The average Bonchev–Trinajstić information content (AvgIpc) is 3.05. The zero-order valence-electron chi connectivity index (χ0n) is 16.2. The maximum Gasteiger partial charge on any atom is 0.265 e. The van der Waals surface area contributed by atoms with Gasteiger partial charge in [0.1, 0.15) is 10.6 Å². The molecule has 0 unspecified atom stereocenters. The molecule has 0 aliphatic rings. The van der Waals surface area contributed by atoms with Gasteiger partial charge in [0.05, 0.1) is 13.2 Å². The molecular weight excluding hydrogens is 392 g/mol. The average molecular weight is 417 g/mol. The van der Waals surface area contributed by atoms with E-state index in [1.54, 1.807) is 31.3 Å². The van der Waals surface area contributed by atoms with E-state index in [1.807, 2.05) is 44.2 Å². The van der Waals surface area contributed by atoms with Crippen LogP contribution in [0.5, 0.6) is 11.5 Å². The molecule has 0 aliphatic heterocycles. The number of nitrogens with zero attached hydrogens (tertiary/aromatic N) is 1. The molecule has 3 aromatic rings. The van der Waals surface area contributed by atoms with Crippen LogP contribution in [-0.4, -0.2) is 36.4 Å². The summed E-state index contributed by atoms with van der Waals surface area (Å²) in [5.41, 5.74) is 0. The Kier molecular flexibility index (Phi) is 7.17. The lowest BCUT2D eigenvalue weighted by molar-refractivity contribution is 0.0953. The zero-order chi connectivity index (χ0) is 19.9. The van der Waals surface area contributed by atoms with Gasteiger partial charge >= 0.3 is 0 Å². The fraction of sp³-hybridized carbons (Fsp3) is 0.333. The largest absolute Gasteiger partial charge is 0.497 e. The highest BCUT2D eigenvalue weighted by molar-refractivity contribution is 7.99. The summed E-state index contributed by atoms with van der Waals surface area (Å²) >= 11 is 3.21. The molecular formula is C21H24N2O3S2. The maximum atomic E-state index is 12.8. The Balaban J connectivity index is 1.65. The molecule has 0 saturated heterocycles. The lowest BCUT2D eigenvalue weighted by Crippen LogP contribution is -2.24. The second kappa shape index (κ2) is 9.80. The zero-order valence-corrected chi connectivity index (χ0v) is 17.9. The summed E-state index contributed by atoms with van der Waals surface area (Å²) in [5, 5.41) is 3.94. The molecule has 2 heterocycles. The van der Waals surface area contributed by atoms with Gasteiger partial charge < -0.3 is 14.8 Å². The Hall–Kier alpha value is -2.25. The number of aromatic nitrogens is 1. The van der Waals surface area contributed by atoms with Crippen LogP contribution in [0.2, 0.25) is 0 Å².